The molecule has 0 amide bonds. The molecule has 2 fully saturated rings. The van der Waals surface area contributed by atoms with Crippen molar-refractivity contribution < 1.29 is 78.5 Å². The molecule has 2 saturated carbocycles. The number of nitro benzene ring substituents is 1. The fraction of sp³-hybridized carbons (Fsp3) is 0.667. The Kier molecular flexibility index (Phi) is 8.29. The van der Waals surface area contributed by atoms with Crippen LogP contribution in [-0.2, 0) is 13.6 Å². The van der Waals surface area contributed by atoms with Crippen molar-refractivity contribution in [3.8, 4) is 5.75 Å². The van der Waals surface area contributed by atoms with E-state index in [0.29, 0.717) is 18.2 Å². The Labute approximate surface area is 205 Å². The Hall–Kier alpha value is -1.90. The Bertz CT molecular complexity index is 1020. The van der Waals surface area contributed by atoms with Gasteiger partial charge in [0.25, 0.3) is 0 Å². The van der Waals surface area contributed by atoms with Gasteiger partial charge >= 0.3 is 13.5 Å². The molecule has 1 aromatic carbocycles. The highest BCUT2D eigenvalue weighted by atomic mass is 31.2. The summed E-state index contributed by atoms with van der Waals surface area (Å²) in [5.74, 6) is -8.87. The molecule has 10 N–H and O–H groups in total. The van der Waals surface area contributed by atoms with Gasteiger partial charge in [-0.3, -0.25) is 10.1 Å². The zero-order chi connectivity index (χ0) is 28.1. The van der Waals surface area contributed by atoms with Crippen LogP contribution in [0, 0.1) is 15.9 Å². The van der Waals surface area contributed by atoms with Gasteiger partial charge in [-0.05, 0) is 12.1 Å². The van der Waals surface area contributed by atoms with E-state index in [1.54, 1.807) is 0 Å². The van der Waals surface area contributed by atoms with Gasteiger partial charge < -0.3 is 55.6 Å². The maximum Gasteiger partial charge on any atom is 0.535 e. The normalized spacial score (nSPS) is 42.1. The molecule has 210 valence electrons. The Morgan fingerprint density at radius 1 is 0.865 bits per heavy atom. The lowest BCUT2D eigenvalue weighted by Crippen LogP contribution is -2.65. The van der Waals surface area contributed by atoms with Gasteiger partial charge in [-0.2, -0.15) is 0 Å². The number of rotatable bonds is 7. The first kappa shape index (κ1) is 29.7. The highest BCUT2D eigenvalue weighted by Crippen LogP contribution is 2.59. The van der Waals surface area contributed by atoms with Gasteiger partial charge in [-0.1, -0.05) is 0 Å². The maximum atomic E-state index is 13.7. The van der Waals surface area contributed by atoms with E-state index in [-0.39, 0.29) is 0 Å². The van der Waals surface area contributed by atoms with Crippen molar-refractivity contribution in [2.75, 3.05) is 0 Å². The molecule has 0 saturated heterocycles. The summed E-state index contributed by atoms with van der Waals surface area (Å²) in [6, 6.07) is 1.45. The highest BCUT2D eigenvalue weighted by molar-refractivity contribution is 7.49. The average Bonchev–Trinajstić information content (AvgIpc) is 2.79. The second-order valence-corrected chi connectivity index (χ2v) is 10.1. The van der Waals surface area contributed by atoms with Crippen LogP contribution in [0.4, 0.5) is 10.1 Å². The maximum absolute atomic E-state index is 13.7. The first-order chi connectivity index (χ1) is 16.9. The number of hydrogen-bond donors (Lipinski definition) is 10. The van der Waals surface area contributed by atoms with Crippen molar-refractivity contribution in [2.45, 2.75) is 73.2 Å². The van der Waals surface area contributed by atoms with Crippen LogP contribution in [0.1, 0.15) is 12.8 Å². The van der Waals surface area contributed by atoms with Gasteiger partial charge in [0.2, 0.25) is 17.3 Å². The van der Waals surface area contributed by atoms with Crippen LogP contribution < -0.4 is 4.52 Å². The standard InChI is InChI=1S/C18H25FNO16P/c19-6-1-2-10(7(3-6)20(31)32)34-37(33,35-17(29)4-8(21)11(23)13(25)15(17)27)36-18(30)5-9(22)12(24)14(26)16(18)28/h1-3,8-9,11-16,21-30H,4-5H2. The van der Waals surface area contributed by atoms with E-state index in [0.717, 1.165) is 0 Å². The second-order valence-electron chi connectivity index (χ2n) is 8.67. The van der Waals surface area contributed by atoms with Crippen LogP contribution in [0.25, 0.3) is 0 Å². The Balaban J connectivity index is 2.07. The highest BCUT2D eigenvalue weighted by Gasteiger charge is 2.61. The molecule has 0 heterocycles. The minimum Gasteiger partial charge on any atom is -0.396 e. The lowest BCUT2D eigenvalue weighted by Gasteiger charge is -2.46. The third-order valence-electron chi connectivity index (χ3n) is 5.93. The first-order valence-electron chi connectivity index (χ1n) is 10.5. The molecule has 0 aromatic heterocycles. The second kappa shape index (κ2) is 10.3. The third-order valence-corrected chi connectivity index (χ3v) is 7.43. The number of nitro groups is 1. The number of phosphoric acid groups is 1. The molecule has 0 spiro atoms. The lowest BCUT2D eigenvalue weighted by molar-refractivity contribution is -0.385. The largest absolute Gasteiger partial charge is 0.535 e. The molecule has 37 heavy (non-hydrogen) atoms. The molecule has 3 rings (SSSR count). The van der Waals surface area contributed by atoms with E-state index in [2.05, 4.69) is 0 Å². The number of aliphatic hydroxyl groups is 10. The third kappa shape index (κ3) is 5.76. The first-order valence-corrected chi connectivity index (χ1v) is 11.9. The van der Waals surface area contributed by atoms with Crippen LogP contribution in [0.15, 0.2) is 18.2 Å². The van der Waals surface area contributed by atoms with E-state index in [1.807, 2.05) is 0 Å². The van der Waals surface area contributed by atoms with Crippen LogP contribution in [0.5, 0.6) is 5.75 Å². The van der Waals surface area contributed by atoms with Crippen molar-refractivity contribution in [1.82, 2.24) is 0 Å². The van der Waals surface area contributed by atoms with Crippen molar-refractivity contribution in [3.63, 3.8) is 0 Å². The molecule has 0 bridgehead atoms. The number of phosphoric ester groups is 1. The van der Waals surface area contributed by atoms with E-state index in [4.69, 9.17) is 13.6 Å². The van der Waals surface area contributed by atoms with E-state index >= 15 is 0 Å². The number of halogens is 1. The summed E-state index contributed by atoms with van der Waals surface area (Å²) in [5, 5.41) is 112. The predicted octanol–water partition coefficient (Wildman–Crippen LogP) is -3.67. The number of nitrogens with zero attached hydrogens (tertiary/aromatic N) is 1. The average molecular weight is 561 g/mol. The van der Waals surface area contributed by atoms with Crippen molar-refractivity contribution in [3.05, 3.63) is 34.1 Å². The summed E-state index contributed by atoms with van der Waals surface area (Å²) >= 11 is 0. The molecular weight excluding hydrogens is 536 g/mol. The Morgan fingerprint density at radius 2 is 1.30 bits per heavy atom. The van der Waals surface area contributed by atoms with Crippen LogP contribution in [0.2, 0.25) is 0 Å². The lowest BCUT2D eigenvalue weighted by atomic mass is 9.85. The molecule has 17 nitrogen and oxygen atoms in total. The number of hydrogen-bond acceptors (Lipinski definition) is 16. The van der Waals surface area contributed by atoms with Crippen molar-refractivity contribution in [1.29, 1.82) is 0 Å². The summed E-state index contributed by atoms with van der Waals surface area (Å²) in [5.41, 5.74) is -1.19. The zero-order valence-electron chi connectivity index (χ0n) is 18.5. The summed E-state index contributed by atoms with van der Waals surface area (Å²) in [6.07, 6.45) is -20.3. The monoisotopic (exact) mass is 561 g/mol. The smallest absolute Gasteiger partial charge is 0.396 e. The van der Waals surface area contributed by atoms with Gasteiger partial charge in [0.05, 0.1) is 23.2 Å². The van der Waals surface area contributed by atoms with Gasteiger partial charge in [0.1, 0.15) is 42.4 Å². The predicted molar refractivity (Wildman–Crippen MR) is 111 cm³/mol. The van der Waals surface area contributed by atoms with Crippen LogP contribution >= 0.6 is 7.82 Å². The van der Waals surface area contributed by atoms with Gasteiger partial charge in [-0.25, -0.2) is 18.0 Å². The van der Waals surface area contributed by atoms with E-state index in [1.165, 1.54) is 0 Å². The fourth-order valence-electron chi connectivity index (χ4n) is 3.90. The van der Waals surface area contributed by atoms with Gasteiger partial charge in [-0.15, -0.1) is 0 Å². The molecule has 2 aliphatic carbocycles. The number of aliphatic hydroxyl groups excluding tert-OH is 8. The minimum atomic E-state index is -5.87. The molecular formula is C18H25FNO16P. The molecule has 19 heteroatoms. The molecule has 0 aliphatic heterocycles. The topological polar surface area (TPSA) is 290 Å². The summed E-state index contributed by atoms with van der Waals surface area (Å²) < 4.78 is 41.8. The number of benzene rings is 1. The molecule has 2 aliphatic rings. The molecule has 0 radical (unpaired) electrons. The summed E-state index contributed by atoms with van der Waals surface area (Å²) in [7, 11) is -5.87. The van der Waals surface area contributed by atoms with Gasteiger partial charge in [0, 0.05) is 12.8 Å². The zero-order valence-corrected chi connectivity index (χ0v) is 19.4. The fourth-order valence-corrected chi connectivity index (χ4v) is 5.55. The van der Waals surface area contributed by atoms with Gasteiger partial charge in [0.15, 0.2) is 0 Å². The molecule has 10 atom stereocenters. The summed E-state index contributed by atoms with van der Waals surface area (Å²) in [4.78, 5) is 10.1. The SMILES string of the molecule is O=[N+]([O-])c1cc(F)ccc1OP(=O)(OC1(O)CC(O)C(O)C(O)C1O)OC1(O)CC(O)C(O)C(O)C1O. The van der Waals surface area contributed by atoms with Crippen LogP contribution in [-0.4, -0.2) is 116 Å². The summed E-state index contributed by atoms with van der Waals surface area (Å²) in [6.45, 7) is 0. The van der Waals surface area contributed by atoms with Crippen LogP contribution in [0.3, 0.4) is 0 Å². The minimum absolute atomic E-state index is 0.307. The Morgan fingerprint density at radius 3 is 1.70 bits per heavy atom. The van der Waals surface area contributed by atoms with Crippen molar-refractivity contribution in [2.24, 2.45) is 0 Å². The quantitative estimate of drug-likeness (QED) is 0.0664. The molecule has 1 aromatic rings. The van der Waals surface area contributed by atoms with Crippen molar-refractivity contribution >= 4 is 13.5 Å². The van der Waals surface area contributed by atoms with E-state index < -0.39 is 103 Å². The van der Waals surface area contributed by atoms with E-state index in [9.17, 15) is 70.1 Å². The molecule has 10 unspecified atom stereocenters.